The standard InChI is InChI=1S/C21H20O7/c1-10(2)15(24)7-13-17(27-3)8-18-19(20(13)26)14(9-22)21(28-18)12-5-4-11(23)6-16(12)25/h4-6,8-9,15,23-26H,1,7H2,2-3H3/t15-/m0/s1. The maximum atomic E-state index is 11.8. The third-order valence-corrected chi connectivity index (χ3v) is 4.58. The van der Waals surface area contributed by atoms with Crippen molar-refractivity contribution in [3.05, 3.63) is 47.5 Å². The van der Waals surface area contributed by atoms with E-state index in [4.69, 9.17) is 9.15 Å². The Bertz CT molecular complexity index is 1080. The topological polar surface area (TPSA) is 120 Å². The fourth-order valence-corrected chi connectivity index (χ4v) is 3.05. The number of carbonyl (C=O) groups excluding carboxylic acids is 1. The second-order valence-corrected chi connectivity index (χ2v) is 6.51. The van der Waals surface area contributed by atoms with Gasteiger partial charge in [-0.05, 0) is 19.1 Å². The number of aldehydes is 1. The van der Waals surface area contributed by atoms with Crippen LogP contribution in [0.4, 0.5) is 0 Å². The Hall–Kier alpha value is -3.45. The number of furan rings is 1. The molecule has 146 valence electrons. The number of rotatable bonds is 6. The molecule has 0 aliphatic heterocycles. The van der Waals surface area contributed by atoms with Gasteiger partial charge in [0, 0.05) is 24.1 Å². The molecule has 3 rings (SSSR count). The number of hydrogen-bond acceptors (Lipinski definition) is 7. The van der Waals surface area contributed by atoms with E-state index in [1.807, 2.05) is 0 Å². The van der Waals surface area contributed by atoms with Crippen molar-refractivity contribution in [2.45, 2.75) is 19.4 Å². The average Bonchev–Trinajstić information content (AvgIpc) is 3.01. The zero-order valence-electron chi connectivity index (χ0n) is 15.4. The van der Waals surface area contributed by atoms with Crippen LogP contribution >= 0.6 is 0 Å². The highest BCUT2D eigenvalue weighted by molar-refractivity contribution is 6.07. The van der Waals surface area contributed by atoms with Gasteiger partial charge in [0.2, 0.25) is 0 Å². The maximum absolute atomic E-state index is 11.8. The number of ether oxygens (including phenoxy) is 1. The molecule has 0 radical (unpaired) electrons. The largest absolute Gasteiger partial charge is 0.508 e. The van der Waals surface area contributed by atoms with E-state index < -0.39 is 6.10 Å². The van der Waals surface area contributed by atoms with Crippen molar-refractivity contribution >= 4 is 17.3 Å². The fraction of sp³-hybridized carbons (Fsp3) is 0.190. The van der Waals surface area contributed by atoms with Crippen LogP contribution in [0, 0.1) is 0 Å². The number of hydrogen-bond donors (Lipinski definition) is 4. The lowest BCUT2D eigenvalue weighted by Crippen LogP contribution is -2.12. The summed E-state index contributed by atoms with van der Waals surface area (Å²) >= 11 is 0. The zero-order valence-corrected chi connectivity index (χ0v) is 15.4. The predicted molar refractivity (Wildman–Crippen MR) is 103 cm³/mol. The summed E-state index contributed by atoms with van der Waals surface area (Å²) in [5.41, 5.74) is 1.20. The Balaban J connectivity index is 2.29. The number of benzene rings is 2. The van der Waals surface area contributed by atoms with Gasteiger partial charge in [-0.15, -0.1) is 0 Å². The molecule has 0 unspecified atom stereocenters. The summed E-state index contributed by atoms with van der Waals surface area (Å²) in [6.07, 6.45) is -0.369. The van der Waals surface area contributed by atoms with Crippen LogP contribution in [0.2, 0.25) is 0 Å². The Labute approximate surface area is 160 Å². The summed E-state index contributed by atoms with van der Waals surface area (Å²) in [5, 5.41) is 40.7. The summed E-state index contributed by atoms with van der Waals surface area (Å²) in [5.74, 6) is -0.377. The van der Waals surface area contributed by atoms with Crippen molar-refractivity contribution in [1.82, 2.24) is 0 Å². The van der Waals surface area contributed by atoms with Crippen molar-refractivity contribution < 1.29 is 34.4 Å². The van der Waals surface area contributed by atoms with Crippen LogP contribution < -0.4 is 4.74 Å². The van der Waals surface area contributed by atoms with Crippen molar-refractivity contribution in [3.8, 4) is 34.3 Å². The number of phenolic OH excluding ortho intramolecular Hbond substituents is 3. The summed E-state index contributed by atoms with van der Waals surface area (Å²) < 4.78 is 11.0. The normalized spacial score (nSPS) is 12.1. The third kappa shape index (κ3) is 3.16. The molecule has 3 aromatic rings. The molecular weight excluding hydrogens is 364 g/mol. The smallest absolute Gasteiger partial charge is 0.154 e. The SMILES string of the molecule is C=C(C)[C@@H](O)Cc1c(OC)cc2oc(-c3ccc(O)cc3O)c(C=O)c2c1O. The Morgan fingerprint density at radius 3 is 2.57 bits per heavy atom. The molecule has 2 aromatic carbocycles. The van der Waals surface area contributed by atoms with E-state index in [1.165, 1.54) is 25.3 Å². The molecule has 0 spiro atoms. The molecule has 1 atom stereocenters. The van der Waals surface area contributed by atoms with Gasteiger partial charge in [0.15, 0.2) is 6.29 Å². The highest BCUT2D eigenvalue weighted by atomic mass is 16.5. The number of carbonyl (C=O) groups is 1. The van der Waals surface area contributed by atoms with E-state index in [-0.39, 0.29) is 57.3 Å². The van der Waals surface area contributed by atoms with Gasteiger partial charge in [0.05, 0.1) is 29.7 Å². The molecule has 0 fully saturated rings. The second kappa shape index (κ2) is 7.28. The number of methoxy groups -OCH3 is 1. The van der Waals surface area contributed by atoms with Crippen molar-refractivity contribution in [1.29, 1.82) is 0 Å². The first-order chi connectivity index (χ1) is 13.3. The van der Waals surface area contributed by atoms with Crippen LogP contribution in [0.25, 0.3) is 22.3 Å². The number of aliphatic hydroxyl groups excluding tert-OH is 1. The maximum Gasteiger partial charge on any atom is 0.154 e. The molecule has 7 nitrogen and oxygen atoms in total. The van der Waals surface area contributed by atoms with Crippen molar-refractivity contribution in [2.24, 2.45) is 0 Å². The lowest BCUT2D eigenvalue weighted by Gasteiger charge is -2.15. The molecule has 7 heteroatoms. The molecule has 0 amide bonds. The monoisotopic (exact) mass is 384 g/mol. The molecule has 0 saturated heterocycles. The van der Waals surface area contributed by atoms with E-state index in [2.05, 4.69) is 6.58 Å². The minimum atomic E-state index is -0.913. The summed E-state index contributed by atoms with van der Waals surface area (Å²) in [6.45, 7) is 5.36. The third-order valence-electron chi connectivity index (χ3n) is 4.58. The number of phenols is 3. The van der Waals surface area contributed by atoms with E-state index in [1.54, 1.807) is 6.92 Å². The fourth-order valence-electron chi connectivity index (χ4n) is 3.05. The Morgan fingerprint density at radius 2 is 2.00 bits per heavy atom. The molecule has 28 heavy (non-hydrogen) atoms. The predicted octanol–water partition coefficient (Wildman–Crippen LogP) is 3.52. The highest BCUT2D eigenvalue weighted by Gasteiger charge is 2.25. The number of aliphatic hydroxyl groups is 1. The molecule has 0 saturated carbocycles. The van der Waals surface area contributed by atoms with Crippen LogP contribution in [0.5, 0.6) is 23.0 Å². The van der Waals surface area contributed by atoms with Crippen LogP contribution in [-0.4, -0.2) is 39.9 Å². The molecule has 1 heterocycles. The molecular formula is C21H20O7. The molecule has 4 N–H and O–H groups in total. The minimum Gasteiger partial charge on any atom is -0.508 e. The summed E-state index contributed by atoms with van der Waals surface area (Å²) in [7, 11) is 1.41. The Morgan fingerprint density at radius 1 is 1.29 bits per heavy atom. The van der Waals surface area contributed by atoms with Gasteiger partial charge < -0.3 is 29.6 Å². The first-order valence-electron chi connectivity index (χ1n) is 8.44. The highest BCUT2D eigenvalue weighted by Crippen LogP contribution is 2.45. The molecule has 1 aromatic heterocycles. The minimum absolute atomic E-state index is 0.0298. The number of aromatic hydroxyl groups is 3. The lowest BCUT2D eigenvalue weighted by molar-refractivity contribution is 0.112. The first kappa shape index (κ1) is 19.3. The van der Waals surface area contributed by atoms with Gasteiger partial charge in [-0.25, -0.2) is 0 Å². The van der Waals surface area contributed by atoms with Crippen LogP contribution in [0.15, 0.2) is 40.8 Å². The molecule has 0 aliphatic carbocycles. The van der Waals surface area contributed by atoms with Gasteiger partial charge in [0.1, 0.15) is 34.3 Å². The van der Waals surface area contributed by atoms with Crippen LogP contribution in [-0.2, 0) is 6.42 Å². The molecule has 0 bridgehead atoms. The van der Waals surface area contributed by atoms with E-state index in [0.29, 0.717) is 17.4 Å². The van der Waals surface area contributed by atoms with Crippen molar-refractivity contribution in [2.75, 3.05) is 7.11 Å². The number of fused-ring (bicyclic) bond motifs is 1. The second-order valence-electron chi connectivity index (χ2n) is 6.51. The van der Waals surface area contributed by atoms with Gasteiger partial charge >= 0.3 is 0 Å². The zero-order chi connectivity index (χ0) is 20.6. The average molecular weight is 384 g/mol. The van der Waals surface area contributed by atoms with Gasteiger partial charge in [0.25, 0.3) is 0 Å². The Kier molecular flexibility index (Phi) is 5.02. The van der Waals surface area contributed by atoms with E-state index >= 15 is 0 Å². The van der Waals surface area contributed by atoms with E-state index in [0.717, 1.165) is 6.07 Å². The quantitative estimate of drug-likeness (QED) is 0.379. The van der Waals surface area contributed by atoms with Crippen LogP contribution in [0.1, 0.15) is 22.8 Å². The van der Waals surface area contributed by atoms with Gasteiger partial charge in [-0.2, -0.15) is 0 Å². The summed E-state index contributed by atoms with van der Waals surface area (Å²) in [6, 6.07) is 5.36. The van der Waals surface area contributed by atoms with Gasteiger partial charge in [-0.1, -0.05) is 12.2 Å². The van der Waals surface area contributed by atoms with E-state index in [9.17, 15) is 25.2 Å². The van der Waals surface area contributed by atoms with Crippen molar-refractivity contribution in [3.63, 3.8) is 0 Å². The van der Waals surface area contributed by atoms with Crippen LogP contribution in [0.3, 0.4) is 0 Å². The summed E-state index contributed by atoms with van der Waals surface area (Å²) in [4.78, 5) is 11.8. The molecule has 0 aliphatic rings. The first-order valence-corrected chi connectivity index (χ1v) is 8.44. The lowest BCUT2D eigenvalue weighted by atomic mass is 9.97. The van der Waals surface area contributed by atoms with Gasteiger partial charge in [-0.3, -0.25) is 4.79 Å².